The lowest BCUT2D eigenvalue weighted by atomic mass is 9.93. The van der Waals surface area contributed by atoms with E-state index < -0.39 is 0 Å². The van der Waals surface area contributed by atoms with Crippen molar-refractivity contribution in [3.63, 3.8) is 0 Å². The topological polar surface area (TPSA) is 48.5 Å². The molecule has 1 aromatic rings. The van der Waals surface area contributed by atoms with Crippen molar-refractivity contribution in [2.75, 3.05) is 33.2 Å². The zero-order valence-electron chi connectivity index (χ0n) is 14.3. The van der Waals surface area contributed by atoms with E-state index in [4.69, 9.17) is 0 Å². The van der Waals surface area contributed by atoms with E-state index in [0.29, 0.717) is 12.6 Å². The minimum Gasteiger partial charge on any atom is -0.350 e. The van der Waals surface area contributed by atoms with Gasteiger partial charge in [0.1, 0.15) is 0 Å². The Hall–Kier alpha value is -0.980. The van der Waals surface area contributed by atoms with Crippen LogP contribution in [0.4, 0.5) is 0 Å². The summed E-state index contributed by atoms with van der Waals surface area (Å²) in [4.78, 5) is 21.9. The van der Waals surface area contributed by atoms with Crippen LogP contribution in [-0.2, 0) is 11.3 Å². The van der Waals surface area contributed by atoms with E-state index >= 15 is 0 Å². The number of nitrogens with zero attached hydrogens (tertiary/aromatic N) is 3. The maximum absolute atomic E-state index is 12.5. The van der Waals surface area contributed by atoms with Crippen LogP contribution in [0, 0.1) is 12.8 Å². The van der Waals surface area contributed by atoms with Gasteiger partial charge in [-0.3, -0.25) is 9.69 Å². The number of thiazole rings is 1. The third-order valence-electron chi connectivity index (χ3n) is 5.14. The van der Waals surface area contributed by atoms with Crippen LogP contribution in [0.3, 0.4) is 0 Å². The predicted octanol–water partition coefficient (Wildman–Crippen LogP) is 1.87. The molecule has 0 spiro atoms. The highest BCUT2D eigenvalue weighted by molar-refractivity contribution is 7.09. The Bertz CT molecular complexity index is 524. The molecule has 0 aromatic carbocycles. The monoisotopic (exact) mass is 336 g/mol. The average Bonchev–Trinajstić information content (AvgIpc) is 2.99. The lowest BCUT2D eigenvalue weighted by molar-refractivity contribution is -0.127. The lowest BCUT2D eigenvalue weighted by Crippen LogP contribution is -2.50. The van der Waals surface area contributed by atoms with Gasteiger partial charge in [0, 0.05) is 18.0 Å². The number of amides is 1. The largest absolute Gasteiger partial charge is 0.350 e. The summed E-state index contributed by atoms with van der Waals surface area (Å²) >= 11 is 1.64. The molecule has 1 aromatic heterocycles. The number of rotatable bonds is 4. The summed E-state index contributed by atoms with van der Waals surface area (Å²) in [5, 5.41) is 6.17. The first-order chi connectivity index (χ1) is 11.1. The number of nitrogens with one attached hydrogen (secondary N) is 1. The summed E-state index contributed by atoms with van der Waals surface area (Å²) in [5.74, 6) is 0.344. The van der Waals surface area contributed by atoms with Gasteiger partial charge in [0.25, 0.3) is 0 Å². The summed E-state index contributed by atoms with van der Waals surface area (Å²) < 4.78 is 0. The Morgan fingerprint density at radius 3 is 2.83 bits per heavy atom. The summed E-state index contributed by atoms with van der Waals surface area (Å²) in [6, 6.07) is 0.669. The number of carbonyl (C=O) groups excluding carboxylic acids is 1. The minimum absolute atomic E-state index is 0.142. The molecule has 23 heavy (non-hydrogen) atoms. The third-order valence-corrected chi connectivity index (χ3v) is 5.96. The molecule has 1 N–H and O–H groups in total. The quantitative estimate of drug-likeness (QED) is 0.912. The molecule has 1 atom stereocenters. The van der Waals surface area contributed by atoms with Gasteiger partial charge in [0.2, 0.25) is 5.91 Å². The second-order valence-corrected chi connectivity index (χ2v) is 8.01. The first-order valence-corrected chi connectivity index (χ1v) is 9.61. The smallest absolute Gasteiger partial charge is 0.224 e. The maximum Gasteiger partial charge on any atom is 0.224 e. The zero-order chi connectivity index (χ0) is 16.2. The van der Waals surface area contributed by atoms with E-state index in [2.05, 4.69) is 27.1 Å². The standard InChI is InChI=1S/C17H28N4OS/c1-13-19-15(12-23-13)10-18-17(22)14-4-3-7-21(11-14)16-5-8-20(2)9-6-16/h12,14,16H,3-11H2,1-2H3,(H,18,22). The van der Waals surface area contributed by atoms with Crippen LogP contribution in [0.2, 0.25) is 0 Å². The van der Waals surface area contributed by atoms with Crippen LogP contribution in [0.15, 0.2) is 5.38 Å². The molecule has 2 fully saturated rings. The highest BCUT2D eigenvalue weighted by atomic mass is 32.1. The number of hydrogen-bond donors (Lipinski definition) is 1. The fourth-order valence-electron chi connectivity index (χ4n) is 3.72. The molecule has 3 heterocycles. The number of aryl methyl sites for hydroxylation is 1. The number of hydrogen-bond acceptors (Lipinski definition) is 5. The van der Waals surface area contributed by atoms with Crippen molar-refractivity contribution in [2.24, 2.45) is 5.92 Å². The molecule has 5 nitrogen and oxygen atoms in total. The molecule has 2 aliphatic rings. The molecule has 2 saturated heterocycles. The average molecular weight is 337 g/mol. The first kappa shape index (κ1) is 16.9. The maximum atomic E-state index is 12.5. The molecule has 3 rings (SSSR count). The molecule has 0 aliphatic carbocycles. The normalized spacial score (nSPS) is 24.7. The van der Waals surface area contributed by atoms with Gasteiger partial charge in [-0.25, -0.2) is 4.98 Å². The van der Waals surface area contributed by atoms with Crippen molar-refractivity contribution in [2.45, 2.75) is 45.2 Å². The minimum atomic E-state index is 0.142. The van der Waals surface area contributed by atoms with Crippen molar-refractivity contribution < 1.29 is 4.79 Å². The molecular weight excluding hydrogens is 308 g/mol. The van der Waals surface area contributed by atoms with Crippen molar-refractivity contribution in [1.29, 1.82) is 0 Å². The van der Waals surface area contributed by atoms with Gasteiger partial charge in [-0.1, -0.05) is 0 Å². The van der Waals surface area contributed by atoms with Gasteiger partial charge in [-0.15, -0.1) is 11.3 Å². The van der Waals surface area contributed by atoms with E-state index in [0.717, 1.165) is 36.6 Å². The van der Waals surface area contributed by atoms with Crippen LogP contribution in [0.25, 0.3) is 0 Å². The SMILES string of the molecule is Cc1nc(CNC(=O)C2CCCN(C3CCN(C)CC3)C2)cs1. The van der Waals surface area contributed by atoms with E-state index in [1.807, 2.05) is 12.3 Å². The molecule has 128 valence electrons. The number of piperidine rings is 2. The molecule has 0 bridgehead atoms. The van der Waals surface area contributed by atoms with Gasteiger partial charge in [-0.2, -0.15) is 0 Å². The molecule has 1 amide bonds. The van der Waals surface area contributed by atoms with Crippen molar-refractivity contribution >= 4 is 17.2 Å². The van der Waals surface area contributed by atoms with Crippen LogP contribution in [0.5, 0.6) is 0 Å². The predicted molar refractivity (Wildman–Crippen MR) is 93.5 cm³/mol. The Balaban J connectivity index is 1.48. The highest BCUT2D eigenvalue weighted by Gasteiger charge is 2.31. The molecule has 6 heteroatoms. The molecular formula is C17H28N4OS. The van der Waals surface area contributed by atoms with E-state index in [1.165, 1.54) is 25.9 Å². The number of likely N-dealkylation sites (tertiary alicyclic amines) is 2. The Morgan fingerprint density at radius 2 is 2.13 bits per heavy atom. The summed E-state index contributed by atoms with van der Waals surface area (Å²) in [5.41, 5.74) is 0.976. The second-order valence-electron chi connectivity index (χ2n) is 6.94. The molecule has 1 unspecified atom stereocenters. The number of aromatic nitrogens is 1. The van der Waals surface area contributed by atoms with Gasteiger partial charge in [0.15, 0.2) is 0 Å². The number of carbonyl (C=O) groups is 1. The fourth-order valence-corrected chi connectivity index (χ4v) is 4.34. The molecule has 0 saturated carbocycles. The fraction of sp³-hybridized carbons (Fsp3) is 0.765. The van der Waals surface area contributed by atoms with Crippen LogP contribution < -0.4 is 5.32 Å². The van der Waals surface area contributed by atoms with Gasteiger partial charge >= 0.3 is 0 Å². The van der Waals surface area contributed by atoms with E-state index in [1.54, 1.807) is 11.3 Å². The Labute approximate surface area is 143 Å². The van der Waals surface area contributed by atoms with E-state index in [9.17, 15) is 4.79 Å². The van der Waals surface area contributed by atoms with Crippen molar-refractivity contribution in [1.82, 2.24) is 20.1 Å². The van der Waals surface area contributed by atoms with Gasteiger partial charge in [0.05, 0.1) is 23.2 Å². The van der Waals surface area contributed by atoms with Crippen LogP contribution in [-0.4, -0.2) is 60.0 Å². The molecule has 0 radical (unpaired) electrons. The Kier molecular flexibility index (Phi) is 5.67. The lowest BCUT2D eigenvalue weighted by Gasteiger charge is -2.41. The van der Waals surface area contributed by atoms with Gasteiger partial charge < -0.3 is 10.2 Å². The Morgan fingerprint density at radius 1 is 1.35 bits per heavy atom. The van der Waals surface area contributed by atoms with Crippen molar-refractivity contribution in [3.05, 3.63) is 16.1 Å². The van der Waals surface area contributed by atoms with Gasteiger partial charge in [-0.05, 0) is 59.3 Å². The third kappa shape index (κ3) is 4.52. The summed E-state index contributed by atoms with van der Waals surface area (Å²) in [6.07, 6.45) is 4.64. The van der Waals surface area contributed by atoms with Crippen molar-refractivity contribution in [3.8, 4) is 0 Å². The second kappa shape index (κ2) is 7.73. The van der Waals surface area contributed by atoms with Crippen LogP contribution in [0.1, 0.15) is 36.4 Å². The summed E-state index contributed by atoms with van der Waals surface area (Å²) in [6.45, 7) is 7.01. The van der Waals surface area contributed by atoms with E-state index in [-0.39, 0.29) is 11.8 Å². The first-order valence-electron chi connectivity index (χ1n) is 8.73. The zero-order valence-corrected chi connectivity index (χ0v) is 15.1. The summed E-state index contributed by atoms with van der Waals surface area (Å²) in [7, 11) is 2.20. The molecule has 2 aliphatic heterocycles. The van der Waals surface area contributed by atoms with Crippen LogP contribution >= 0.6 is 11.3 Å². The highest BCUT2D eigenvalue weighted by Crippen LogP contribution is 2.23.